The highest BCUT2D eigenvalue weighted by atomic mass is 35.5. The zero-order valence-corrected chi connectivity index (χ0v) is 13.5. The average molecular weight is 330 g/mol. The number of amides is 1. The van der Waals surface area contributed by atoms with Crippen molar-refractivity contribution in [1.29, 1.82) is 0 Å². The SMILES string of the molecule is NC1CCN(CC(=O)NCCc2ccc(Cl)cc2Cl)CC1. The van der Waals surface area contributed by atoms with E-state index in [2.05, 4.69) is 10.2 Å². The van der Waals surface area contributed by atoms with Crippen molar-refractivity contribution >= 4 is 29.1 Å². The van der Waals surface area contributed by atoms with E-state index >= 15 is 0 Å². The number of carbonyl (C=O) groups is 1. The van der Waals surface area contributed by atoms with E-state index in [1.807, 2.05) is 12.1 Å². The molecule has 1 aliphatic rings. The molecule has 1 amide bonds. The molecule has 3 N–H and O–H groups in total. The van der Waals surface area contributed by atoms with Crippen molar-refractivity contribution in [3.05, 3.63) is 33.8 Å². The molecule has 1 fully saturated rings. The summed E-state index contributed by atoms with van der Waals surface area (Å²) in [5.74, 6) is 0.0514. The minimum atomic E-state index is 0.0514. The summed E-state index contributed by atoms with van der Waals surface area (Å²) in [4.78, 5) is 14.0. The normalized spacial score (nSPS) is 16.9. The Balaban J connectivity index is 1.69. The molecule has 6 heteroatoms. The molecule has 116 valence electrons. The molecule has 0 saturated carbocycles. The second-order valence-corrected chi connectivity index (χ2v) is 6.29. The predicted molar refractivity (Wildman–Crippen MR) is 86.8 cm³/mol. The number of hydrogen-bond donors (Lipinski definition) is 2. The lowest BCUT2D eigenvalue weighted by molar-refractivity contribution is -0.122. The van der Waals surface area contributed by atoms with Gasteiger partial charge in [0, 0.05) is 35.7 Å². The number of nitrogens with one attached hydrogen (secondary N) is 1. The molecule has 0 aliphatic carbocycles. The monoisotopic (exact) mass is 329 g/mol. The Morgan fingerprint density at radius 2 is 2.05 bits per heavy atom. The quantitative estimate of drug-likeness (QED) is 0.869. The van der Waals surface area contributed by atoms with E-state index in [1.165, 1.54) is 0 Å². The van der Waals surface area contributed by atoms with Gasteiger partial charge >= 0.3 is 0 Å². The maximum absolute atomic E-state index is 11.9. The predicted octanol–water partition coefficient (Wildman–Crippen LogP) is 2.08. The Morgan fingerprint density at radius 1 is 1.33 bits per heavy atom. The summed E-state index contributed by atoms with van der Waals surface area (Å²) in [5.41, 5.74) is 6.84. The molecule has 0 atom stereocenters. The van der Waals surface area contributed by atoms with Crippen molar-refractivity contribution in [1.82, 2.24) is 10.2 Å². The smallest absolute Gasteiger partial charge is 0.234 e. The van der Waals surface area contributed by atoms with Crippen LogP contribution < -0.4 is 11.1 Å². The fourth-order valence-corrected chi connectivity index (χ4v) is 2.93. The first-order valence-electron chi connectivity index (χ1n) is 7.23. The molecule has 1 aliphatic heterocycles. The van der Waals surface area contributed by atoms with E-state index in [9.17, 15) is 4.79 Å². The number of rotatable bonds is 5. The van der Waals surface area contributed by atoms with Gasteiger partial charge in [-0.05, 0) is 37.0 Å². The van der Waals surface area contributed by atoms with E-state index in [4.69, 9.17) is 28.9 Å². The van der Waals surface area contributed by atoms with E-state index in [-0.39, 0.29) is 11.9 Å². The maximum Gasteiger partial charge on any atom is 0.234 e. The van der Waals surface area contributed by atoms with Crippen LogP contribution in [-0.2, 0) is 11.2 Å². The van der Waals surface area contributed by atoms with Crippen molar-refractivity contribution in [2.45, 2.75) is 25.3 Å². The number of likely N-dealkylation sites (tertiary alicyclic amines) is 1. The fourth-order valence-electron chi connectivity index (χ4n) is 2.43. The highest BCUT2D eigenvalue weighted by Crippen LogP contribution is 2.21. The Morgan fingerprint density at radius 3 is 2.71 bits per heavy atom. The van der Waals surface area contributed by atoms with Crippen LogP contribution in [0.5, 0.6) is 0 Å². The number of hydrogen-bond acceptors (Lipinski definition) is 3. The number of benzene rings is 1. The van der Waals surface area contributed by atoms with Gasteiger partial charge in [0.25, 0.3) is 0 Å². The molecule has 0 spiro atoms. The third-order valence-corrected chi connectivity index (χ3v) is 4.32. The van der Waals surface area contributed by atoms with Gasteiger partial charge in [-0.25, -0.2) is 0 Å². The summed E-state index contributed by atoms with van der Waals surface area (Å²) in [6.45, 7) is 2.82. The molecule has 1 heterocycles. The summed E-state index contributed by atoms with van der Waals surface area (Å²) >= 11 is 11.9. The minimum Gasteiger partial charge on any atom is -0.355 e. The first kappa shape index (κ1) is 16.6. The summed E-state index contributed by atoms with van der Waals surface area (Å²) in [7, 11) is 0. The molecule has 4 nitrogen and oxygen atoms in total. The molecule has 1 aromatic carbocycles. The Bertz CT molecular complexity index is 488. The Hall–Kier alpha value is -0.810. The third-order valence-electron chi connectivity index (χ3n) is 3.73. The van der Waals surface area contributed by atoms with Crippen molar-refractivity contribution in [3.8, 4) is 0 Å². The lowest BCUT2D eigenvalue weighted by Crippen LogP contribution is -2.44. The van der Waals surface area contributed by atoms with Gasteiger partial charge in [0.15, 0.2) is 0 Å². The highest BCUT2D eigenvalue weighted by Gasteiger charge is 2.17. The van der Waals surface area contributed by atoms with Crippen molar-refractivity contribution < 1.29 is 4.79 Å². The Kier molecular flexibility index (Phi) is 6.30. The van der Waals surface area contributed by atoms with Gasteiger partial charge in [0.2, 0.25) is 5.91 Å². The van der Waals surface area contributed by atoms with E-state index in [0.29, 0.717) is 29.6 Å². The van der Waals surface area contributed by atoms with E-state index in [1.54, 1.807) is 6.07 Å². The standard InChI is InChI=1S/C15H21Cl2N3O/c16-12-2-1-11(14(17)9-12)3-6-19-15(21)10-20-7-4-13(18)5-8-20/h1-2,9,13H,3-8,10,18H2,(H,19,21). The first-order chi connectivity index (χ1) is 10.0. The van der Waals surface area contributed by atoms with Crippen LogP contribution in [-0.4, -0.2) is 43.0 Å². The van der Waals surface area contributed by atoms with Crippen LogP contribution in [0.2, 0.25) is 10.0 Å². The number of nitrogens with two attached hydrogens (primary N) is 1. The minimum absolute atomic E-state index is 0.0514. The Labute approximate surface area is 135 Å². The summed E-state index contributed by atoms with van der Waals surface area (Å²) in [5, 5.41) is 4.19. The highest BCUT2D eigenvalue weighted by molar-refractivity contribution is 6.35. The van der Waals surface area contributed by atoms with Crippen molar-refractivity contribution in [2.24, 2.45) is 5.73 Å². The molecule has 2 rings (SSSR count). The molecule has 1 saturated heterocycles. The van der Waals surface area contributed by atoms with E-state index < -0.39 is 0 Å². The second-order valence-electron chi connectivity index (χ2n) is 5.45. The van der Waals surface area contributed by atoms with Crippen LogP contribution in [0.3, 0.4) is 0 Å². The molecule has 0 aromatic heterocycles. The zero-order chi connectivity index (χ0) is 15.2. The van der Waals surface area contributed by atoms with Gasteiger partial charge < -0.3 is 11.1 Å². The average Bonchev–Trinajstić information content (AvgIpc) is 2.44. The van der Waals surface area contributed by atoms with Crippen LogP contribution in [0.15, 0.2) is 18.2 Å². The van der Waals surface area contributed by atoms with Gasteiger partial charge in [0.05, 0.1) is 6.54 Å². The van der Waals surface area contributed by atoms with Gasteiger partial charge in [-0.3, -0.25) is 9.69 Å². The van der Waals surface area contributed by atoms with Crippen LogP contribution in [0.25, 0.3) is 0 Å². The molecule has 21 heavy (non-hydrogen) atoms. The van der Waals surface area contributed by atoms with Crippen LogP contribution in [0, 0.1) is 0 Å². The van der Waals surface area contributed by atoms with Gasteiger partial charge in [-0.2, -0.15) is 0 Å². The molecular weight excluding hydrogens is 309 g/mol. The lowest BCUT2D eigenvalue weighted by atomic mass is 10.1. The van der Waals surface area contributed by atoms with Crippen LogP contribution in [0.1, 0.15) is 18.4 Å². The van der Waals surface area contributed by atoms with Crippen molar-refractivity contribution in [3.63, 3.8) is 0 Å². The van der Waals surface area contributed by atoms with Gasteiger partial charge in [-0.15, -0.1) is 0 Å². The van der Waals surface area contributed by atoms with Gasteiger partial charge in [-0.1, -0.05) is 29.3 Å². The fraction of sp³-hybridized carbons (Fsp3) is 0.533. The maximum atomic E-state index is 11.9. The molecule has 0 unspecified atom stereocenters. The number of halogens is 2. The number of nitrogens with zero attached hydrogens (tertiary/aromatic N) is 1. The van der Waals surface area contributed by atoms with E-state index in [0.717, 1.165) is 31.5 Å². The molecule has 0 radical (unpaired) electrons. The summed E-state index contributed by atoms with van der Waals surface area (Å²) in [6.07, 6.45) is 2.63. The zero-order valence-electron chi connectivity index (χ0n) is 11.9. The first-order valence-corrected chi connectivity index (χ1v) is 7.99. The van der Waals surface area contributed by atoms with Crippen LogP contribution >= 0.6 is 23.2 Å². The second kappa shape index (κ2) is 7.99. The van der Waals surface area contributed by atoms with Crippen molar-refractivity contribution in [2.75, 3.05) is 26.2 Å². The summed E-state index contributed by atoms with van der Waals surface area (Å²) < 4.78 is 0. The van der Waals surface area contributed by atoms with Gasteiger partial charge in [0.1, 0.15) is 0 Å². The largest absolute Gasteiger partial charge is 0.355 e. The summed E-state index contributed by atoms with van der Waals surface area (Å²) in [6, 6.07) is 5.71. The number of carbonyl (C=O) groups excluding carboxylic acids is 1. The molecule has 1 aromatic rings. The number of piperidine rings is 1. The molecule has 0 bridgehead atoms. The molecular formula is C15H21Cl2N3O. The topological polar surface area (TPSA) is 58.4 Å². The third kappa shape index (κ3) is 5.47. The van der Waals surface area contributed by atoms with Crippen LogP contribution in [0.4, 0.5) is 0 Å². The lowest BCUT2D eigenvalue weighted by Gasteiger charge is -2.29.